The van der Waals surface area contributed by atoms with Crippen molar-refractivity contribution in [3.8, 4) is 11.1 Å². The maximum absolute atomic E-state index is 12.8. The molecule has 0 aliphatic carbocycles. The zero-order chi connectivity index (χ0) is 28.3. The predicted octanol–water partition coefficient (Wildman–Crippen LogP) is 8.68. The molecule has 0 spiro atoms. The molecule has 0 aliphatic rings. The third kappa shape index (κ3) is 8.21. The van der Waals surface area contributed by atoms with Crippen LogP contribution in [-0.4, -0.2) is 27.6 Å². The van der Waals surface area contributed by atoms with Gasteiger partial charge in [-0.3, -0.25) is 0 Å². The summed E-state index contributed by atoms with van der Waals surface area (Å²) in [5.41, 5.74) is 3.75. The molecule has 10 heteroatoms. The third-order valence-corrected chi connectivity index (χ3v) is 14.4. The Morgan fingerprint density at radius 1 is 0.974 bits per heavy atom. The number of aromatic nitrogens is 2. The molecule has 2 heterocycles. The van der Waals surface area contributed by atoms with Gasteiger partial charge in [0, 0.05) is 34.2 Å². The first-order valence-corrected chi connectivity index (χ1v) is 18.1. The van der Waals surface area contributed by atoms with Gasteiger partial charge < -0.3 is 8.98 Å². The summed E-state index contributed by atoms with van der Waals surface area (Å²) in [7, 11) is -1.94. The number of pyridine rings is 2. The molecule has 1 unspecified atom stereocenters. The lowest BCUT2D eigenvalue weighted by Crippen LogP contribution is -2.40. The van der Waals surface area contributed by atoms with Crippen LogP contribution in [-0.2, 0) is 28.9 Å². The van der Waals surface area contributed by atoms with Gasteiger partial charge in [-0.1, -0.05) is 61.8 Å². The average Bonchev–Trinajstić information content (AvgIpc) is 2.82. The van der Waals surface area contributed by atoms with Crippen LogP contribution in [0.5, 0.6) is 0 Å². The molecule has 1 N–H and O–H groups in total. The van der Waals surface area contributed by atoms with Crippen LogP contribution in [0.1, 0.15) is 52.7 Å². The third-order valence-electron chi connectivity index (χ3n) is 6.57. The lowest BCUT2D eigenvalue weighted by atomic mass is 10.0. The van der Waals surface area contributed by atoms with Crippen molar-refractivity contribution in [1.29, 1.82) is 0 Å². The summed E-state index contributed by atoms with van der Waals surface area (Å²) in [6.45, 7) is 17.9. The maximum Gasteiger partial charge on any atom is 0.192 e. The van der Waals surface area contributed by atoms with Crippen molar-refractivity contribution in [3.63, 3.8) is 0 Å². The maximum atomic E-state index is 12.8. The standard InChI is InChI=1S/C28H37Cl2N3O2S2Si/c1-27(2,3)37(34)33-17-22-14-21(19-11-13-31-24(30)16-19)15-23(29)25(22)36-26-20(10-9-12-32-26)18-35-38(7,8)28(4,5)6/h9-16,33H,17-18H2,1-8H3. The molecule has 0 radical (unpaired) electrons. The summed E-state index contributed by atoms with van der Waals surface area (Å²) in [6.07, 6.45) is 3.45. The van der Waals surface area contributed by atoms with Crippen LogP contribution < -0.4 is 4.72 Å². The molecule has 0 aliphatic heterocycles. The predicted molar refractivity (Wildman–Crippen MR) is 165 cm³/mol. The minimum Gasteiger partial charge on any atom is -0.598 e. The summed E-state index contributed by atoms with van der Waals surface area (Å²) in [6, 6.07) is 11.7. The summed E-state index contributed by atoms with van der Waals surface area (Å²) in [5.74, 6) is 0. The topological polar surface area (TPSA) is 70.1 Å². The Morgan fingerprint density at radius 2 is 1.68 bits per heavy atom. The van der Waals surface area contributed by atoms with E-state index in [2.05, 4.69) is 60.7 Å². The largest absolute Gasteiger partial charge is 0.598 e. The van der Waals surface area contributed by atoms with Crippen LogP contribution in [0, 0.1) is 0 Å². The van der Waals surface area contributed by atoms with Gasteiger partial charge in [0.2, 0.25) is 0 Å². The Labute approximate surface area is 245 Å². The molecular weight excluding hydrogens is 573 g/mol. The molecule has 3 rings (SSSR count). The lowest BCUT2D eigenvalue weighted by Gasteiger charge is -2.36. The summed E-state index contributed by atoms with van der Waals surface area (Å²) >= 11 is 13.3. The van der Waals surface area contributed by atoms with E-state index in [-0.39, 0.29) is 5.04 Å². The number of nitrogens with one attached hydrogen (secondary N) is 1. The summed E-state index contributed by atoms with van der Waals surface area (Å²) in [4.78, 5) is 9.63. The van der Waals surface area contributed by atoms with Gasteiger partial charge in [-0.05, 0) is 85.9 Å². The van der Waals surface area contributed by atoms with Gasteiger partial charge in [0.25, 0.3) is 0 Å². The van der Waals surface area contributed by atoms with Gasteiger partial charge in [-0.25, -0.2) is 9.97 Å². The van der Waals surface area contributed by atoms with E-state index >= 15 is 0 Å². The van der Waals surface area contributed by atoms with E-state index in [1.807, 2.05) is 39.0 Å². The van der Waals surface area contributed by atoms with Gasteiger partial charge in [-0.2, -0.15) is 0 Å². The van der Waals surface area contributed by atoms with Crippen LogP contribution in [0.3, 0.4) is 0 Å². The van der Waals surface area contributed by atoms with Gasteiger partial charge >= 0.3 is 0 Å². The number of hydrogen-bond donors (Lipinski definition) is 1. The van der Waals surface area contributed by atoms with Crippen molar-refractivity contribution in [2.45, 2.75) is 87.5 Å². The van der Waals surface area contributed by atoms with Crippen molar-refractivity contribution in [2.75, 3.05) is 0 Å². The van der Waals surface area contributed by atoms with Crippen molar-refractivity contribution < 1.29 is 8.98 Å². The zero-order valence-electron chi connectivity index (χ0n) is 23.3. The van der Waals surface area contributed by atoms with Crippen LogP contribution >= 0.6 is 35.0 Å². The number of hydrogen-bond acceptors (Lipinski definition) is 6. The lowest BCUT2D eigenvalue weighted by molar-refractivity contribution is 0.273. The average molecular weight is 611 g/mol. The van der Waals surface area contributed by atoms with Crippen molar-refractivity contribution in [1.82, 2.24) is 14.7 Å². The van der Waals surface area contributed by atoms with E-state index in [9.17, 15) is 4.55 Å². The van der Waals surface area contributed by atoms with Crippen molar-refractivity contribution in [2.24, 2.45) is 0 Å². The molecule has 38 heavy (non-hydrogen) atoms. The van der Waals surface area contributed by atoms with E-state index < -0.39 is 24.4 Å². The Hall–Kier alpha value is -1.10. The SMILES string of the molecule is CC(C)(C)[S+]([O-])NCc1cc(-c2ccnc(Cl)c2)cc(Cl)c1Sc1ncccc1CO[Si](C)(C)C(C)(C)C. The second kappa shape index (κ2) is 12.6. The number of benzene rings is 1. The van der Waals surface area contributed by atoms with E-state index in [1.54, 1.807) is 18.5 Å². The Bertz CT molecular complexity index is 1260. The Kier molecular flexibility index (Phi) is 10.4. The first kappa shape index (κ1) is 31.4. The highest BCUT2D eigenvalue weighted by atomic mass is 35.5. The molecule has 0 saturated carbocycles. The quantitative estimate of drug-likeness (QED) is 0.149. The minimum atomic E-state index is -1.94. The second-order valence-electron chi connectivity index (χ2n) is 11.6. The fraction of sp³-hybridized carbons (Fsp3) is 0.429. The van der Waals surface area contributed by atoms with Gasteiger partial charge in [0.15, 0.2) is 8.32 Å². The van der Waals surface area contributed by atoms with E-state index in [1.165, 1.54) is 11.8 Å². The molecule has 1 atom stereocenters. The molecular formula is C28H37Cl2N3O2S2Si. The molecule has 0 saturated heterocycles. The van der Waals surface area contributed by atoms with Gasteiger partial charge in [-0.15, -0.1) is 4.72 Å². The van der Waals surface area contributed by atoms with Crippen molar-refractivity contribution >= 4 is 54.6 Å². The summed E-state index contributed by atoms with van der Waals surface area (Å²) < 4.78 is 22.1. The number of rotatable bonds is 9. The van der Waals surface area contributed by atoms with E-state index in [0.717, 1.165) is 32.2 Å². The first-order chi connectivity index (χ1) is 17.6. The minimum absolute atomic E-state index is 0.110. The van der Waals surface area contributed by atoms with E-state index in [0.29, 0.717) is 23.3 Å². The number of nitrogens with zero attached hydrogens (tertiary/aromatic N) is 2. The molecule has 1 aromatic carbocycles. The second-order valence-corrected chi connectivity index (χ2v) is 20.3. The van der Waals surface area contributed by atoms with Crippen LogP contribution in [0.4, 0.5) is 0 Å². The molecule has 0 fully saturated rings. The van der Waals surface area contributed by atoms with Crippen LogP contribution in [0.15, 0.2) is 58.7 Å². The highest BCUT2D eigenvalue weighted by molar-refractivity contribution is 7.99. The fourth-order valence-electron chi connectivity index (χ4n) is 3.20. The molecule has 0 bridgehead atoms. The van der Waals surface area contributed by atoms with Crippen molar-refractivity contribution in [3.05, 3.63) is 70.1 Å². The normalized spacial score (nSPS) is 13.6. The molecule has 0 amide bonds. The van der Waals surface area contributed by atoms with Crippen LogP contribution in [0.2, 0.25) is 28.3 Å². The summed E-state index contributed by atoms with van der Waals surface area (Å²) in [5, 5.41) is 1.94. The van der Waals surface area contributed by atoms with E-state index in [4.69, 9.17) is 27.6 Å². The smallest absolute Gasteiger partial charge is 0.192 e. The Morgan fingerprint density at radius 3 is 2.32 bits per heavy atom. The molecule has 5 nitrogen and oxygen atoms in total. The number of halogens is 2. The highest BCUT2D eigenvalue weighted by Crippen LogP contribution is 2.41. The Balaban J connectivity index is 1.99. The van der Waals surface area contributed by atoms with Gasteiger partial charge in [0.1, 0.15) is 14.9 Å². The monoisotopic (exact) mass is 609 g/mol. The highest BCUT2D eigenvalue weighted by Gasteiger charge is 2.37. The molecule has 2 aromatic heterocycles. The first-order valence-electron chi connectivity index (χ1n) is 12.4. The molecule has 206 valence electrons. The van der Waals surface area contributed by atoms with Gasteiger partial charge in [0.05, 0.1) is 18.2 Å². The molecule has 3 aromatic rings. The zero-order valence-corrected chi connectivity index (χ0v) is 27.5. The fourth-order valence-corrected chi connectivity index (χ4v) is 6.38. The van der Waals surface area contributed by atoms with Crippen LogP contribution in [0.25, 0.3) is 11.1 Å².